The maximum Gasteiger partial charge on any atom is 0.306 e. The Balaban J connectivity index is 4.56. The lowest BCUT2D eigenvalue weighted by Gasteiger charge is -2.31. The fourth-order valence-corrected chi connectivity index (χ4v) is 1.55. The van der Waals surface area contributed by atoms with E-state index >= 15 is 0 Å². The molecule has 0 spiro atoms. The van der Waals surface area contributed by atoms with Gasteiger partial charge < -0.3 is 9.47 Å². The van der Waals surface area contributed by atoms with E-state index in [0.717, 1.165) is 0 Å². The summed E-state index contributed by atoms with van der Waals surface area (Å²) >= 11 is 0. The Morgan fingerprint density at radius 2 is 1.35 bits per heavy atom. The zero-order valence-corrected chi connectivity index (χ0v) is 11.5. The van der Waals surface area contributed by atoms with Gasteiger partial charge >= 0.3 is 11.9 Å². The van der Waals surface area contributed by atoms with Gasteiger partial charge in [-0.05, 0) is 25.2 Å². The molecule has 0 fully saturated rings. The lowest BCUT2D eigenvalue weighted by Crippen LogP contribution is -2.31. The van der Waals surface area contributed by atoms with E-state index in [1.54, 1.807) is 13.8 Å². The van der Waals surface area contributed by atoms with Crippen molar-refractivity contribution in [1.29, 1.82) is 0 Å². The van der Waals surface area contributed by atoms with Gasteiger partial charge in [0.1, 0.15) is 0 Å². The molecule has 0 saturated heterocycles. The highest BCUT2D eigenvalue weighted by molar-refractivity contribution is 5.74. The van der Waals surface area contributed by atoms with Crippen LogP contribution in [-0.2, 0) is 19.1 Å². The van der Waals surface area contributed by atoms with E-state index in [0.29, 0.717) is 13.2 Å². The highest BCUT2D eigenvalue weighted by Crippen LogP contribution is 2.35. The lowest BCUT2D eigenvalue weighted by molar-refractivity contribution is -0.151. The van der Waals surface area contributed by atoms with E-state index < -0.39 is 5.41 Å². The summed E-state index contributed by atoms with van der Waals surface area (Å²) < 4.78 is 9.88. The minimum Gasteiger partial charge on any atom is -0.466 e. The van der Waals surface area contributed by atoms with E-state index in [-0.39, 0.29) is 30.7 Å². The van der Waals surface area contributed by atoms with Crippen LogP contribution in [0.4, 0.5) is 0 Å². The molecule has 0 aliphatic rings. The van der Waals surface area contributed by atoms with Gasteiger partial charge in [-0.25, -0.2) is 0 Å². The molecule has 0 bridgehead atoms. The Kier molecular flexibility index (Phi) is 6.85. The Labute approximate surface area is 104 Å². The van der Waals surface area contributed by atoms with Crippen molar-refractivity contribution in [2.24, 2.45) is 11.3 Å². The summed E-state index contributed by atoms with van der Waals surface area (Å²) in [6.07, 6.45) is 0.495. The molecule has 0 N–H and O–H groups in total. The second-order valence-corrected chi connectivity index (χ2v) is 4.77. The molecule has 0 radical (unpaired) electrons. The molecule has 0 saturated carbocycles. The zero-order chi connectivity index (χ0) is 13.5. The van der Waals surface area contributed by atoms with Gasteiger partial charge in [0.25, 0.3) is 0 Å². The second-order valence-electron chi connectivity index (χ2n) is 4.77. The summed E-state index contributed by atoms with van der Waals surface area (Å²) in [5.74, 6) is -0.308. The van der Waals surface area contributed by atoms with Crippen LogP contribution in [0.1, 0.15) is 47.5 Å². The van der Waals surface area contributed by atoms with Gasteiger partial charge in [-0.15, -0.1) is 0 Å². The molecular formula is C13H24O4. The SMILES string of the molecule is CCOC(=O)CC(C)(CC(=O)OCC)C(C)C. The zero-order valence-electron chi connectivity index (χ0n) is 11.5. The van der Waals surface area contributed by atoms with Crippen molar-refractivity contribution in [3.8, 4) is 0 Å². The van der Waals surface area contributed by atoms with Crippen molar-refractivity contribution in [1.82, 2.24) is 0 Å². The van der Waals surface area contributed by atoms with Crippen LogP contribution in [0.15, 0.2) is 0 Å². The average molecular weight is 244 g/mol. The molecule has 0 atom stereocenters. The number of carbonyl (C=O) groups is 2. The van der Waals surface area contributed by atoms with Crippen LogP contribution < -0.4 is 0 Å². The minimum atomic E-state index is -0.404. The Bertz CT molecular complexity index is 238. The first-order valence-corrected chi connectivity index (χ1v) is 6.17. The van der Waals surface area contributed by atoms with Gasteiger partial charge in [0.05, 0.1) is 26.1 Å². The first-order chi connectivity index (χ1) is 7.85. The largest absolute Gasteiger partial charge is 0.466 e. The molecule has 0 rings (SSSR count). The molecule has 0 aromatic heterocycles. The lowest BCUT2D eigenvalue weighted by atomic mass is 9.74. The number of hydrogen-bond acceptors (Lipinski definition) is 4. The maximum atomic E-state index is 11.5. The molecule has 0 unspecified atom stereocenters. The third-order valence-electron chi connectivity index (χ3n) is 3.10. The summed E-state index contributed by atoms with van der Waals surface area (Å²) in [5.41, 5.74) is -0.404. The van der Waals surface area contributed by atoms with Gasteiger partial charge in [0.2, 0.25) is 0 Å². The van der Waals surface area contributed by atoms with Crippen LogP contribution in [0.2, 0.25) is 0 Å². The fraction of sp³-hybridized carbons (Fsp3) is 0.846. The van der Waals surface area contributed by atoms with Gasteiger partial charge in [-0.1, -0.05) is 20.8 Å². The van der Waals surface area contributed by atoms with Crippen molar-refractivity contribution < 1.29 is 19.1 Å². The quantitative estimate of drug-likeness (QED) is 0.646. The third-order valence-corrected chi connectivity index (χ3v) is 3.10. The predicted molar refractivity (Wildman–Crippen MR) is 65.4 cm³/mol. The smallest absolute Gasteiger partial charge is 0.306 e. The summed E-state index contributed by atoms with van der Waals surface area (Å²) in [5, 5.41) is 0. The van der Waals surface area contributed by atoms with Crippen LogP contribution in [-0.4, -0.2) is 25.2 Å². The van der Waals surface area contributed by atoms with Crippen molar-refractivity contribution in [3.05, 3.63) is 0 Å². The number of hydrogen-bond donors (Lipinski definition) is 0. The van der Waals surface area contributed by atoms with Crippen LogP contribution in [0.25, 0.3) is 0 Å². The van der Waals surface area contributed by atoms with Crippen LogP contribution in [0.5, 0.6) is 0 Å². The Hall–Kier alpha value is -1.06. The van der Waals surface area contributed by atoms with Crippen LogP contribution in [0, 0.1) is 11.3 Å². The molecule has 4 heteroatoms. The van der Waals surface area contributed by atoms with Crippen molar-refractivity contribution >= 4 is 11.9 Å². The first-order valence-electron chi connectivity index (χ1n) is 6.17. The van der Waals surface area contributed by atoms with E-state index in [9.17, 15) is 9.59 Å². The number of esters is 2. The normalized spacial score (nSPS) is 11.4. The molecule has 0 heterocycles. The highest BCUT2D eigenvalue weighted by Gasteiger charge is 2.34. The van der Waals surface area contributed by atoms with E-state index in [1.165, 1.54) is 0 Å². The molecular weight excluding hydrogens is 220 g/mol. The van der Waals surface area contributed by atoms with Gasteiger partial charge in [0.15, 0.2) is 0 Å². The molecule has 0 aliphatic heterocycles. The molecule has 0 amide bonds. The third kappa shape index (κ3) is 5.71. The Morgan fingerprint density at radius 3 is 1.59 bits per heavy atom. The molecule has 0 aromatic carbocycles. The fourth-order valence-electron chi connectivity index (χ4n) is 1.55. The summed E-state index contributed by atoms with van der Waals surface area (Å²) in [6, 6.07) is 0. The van der Waals surface area contributed by atoms with Crippen LogP contribution >= 0.6 is 0 Å². The van der Waals surface area contributed by atoms with Gasteiger partial charge in [-0.2, -0.15) is 0 Å². The molecule has 100 valence electrons. The highest BCUT2D eigenvalue weighted by atomic mass is 16.5. The molecule has 17 heavy (non-hydrogen) atoms. The number of rotatable bonds is 7. The van der Waals surface area contributed by atoms with Gasteiger partial charge in [0, 0.05) is 0 Å². The second kappa shape index (κ2) is 7.30. The monoisotopic (exact) mass is 244 g/mol. The number of carbonyl (C=O) groups excluding carboxylic acids is 2. The summed E-state index contributed by atoms with van der Waals surface area (Å²) in [7, 11) is 0. The van der Waals surface area contributed by atoms with Crippen molar-refractivity contribution in [2.75, 3.05) is 13.2 Å². The molecule has 4 nitrogen and oxygen atoms in total. The first kappa shape index (κ1) is 15.9. The van der Waals surface area contributed by atoms with Crippen molar-refractivity contribution in [3.63, 3.8) is 0 Å². The summed E-state index contributed by atoms with van der Waals surface area (Å²) in [4.78, 5) is 23.1. The van der Waals surface area contributed by atoms with Gasteiger partial charge in [-0.3, -0.25) is 9.59 Å². The van der Waals surface area contributed by atoms with Crippen LogP contribution in [0.3, 0.4) is 0 Å². The summed E-state index contributed by atoms with van der Waals surface area (Å²) in [6.45, 7) is 10.2. The molecule has 0 aromatic rings. The Morgan fingerprint density at radius 1 is 1.00 bits per heavy atom. The van der Waals surface area contributed by atoms with E-state index in [4.69, 9.17) is 9.47 Å². The number of ether oxygens (including phenoxy) is 2. The standard InChI is InChI=1S/C13H24O4/c1-6-16-11(14)8-13(5,10(3)4)9-12(15)17-7-2/h10H,6-9H2,1-5H3. The molecule has 0 aliphatic carbocycles. The van der Waals surface area contributed by atoms with E-state index in [1.807, 2.05) is 20.8 Å². The maximum absolute atomic E-state index is 11.5. The topological polar surface area (TPSA) is 52.6 Å². The van der Waals surface area contributed by atoms with Crippen molar-refractivity contribution in [2.45, 2.75) is 47.5 Å². The minimum absolute atomic E-state index is 0.205. The predicted octanol–water partition coefficient (Wildman–Crippen LogP) is 2.56. The van der Waals surface area contributed by atoms with E-state index in [2.05, 4.69) is 0 Å². The average Bonchev–Trinajstić information content (AvgIpc) is 2.17.